The van der Waals surface area contributed by atoms with Crippen LogP contribution in [0, 0.1) is 5.92 Å². The Morgan fingerprint density at radius 1 is 1.38 bits per heavy atom. The van der Waals surface area contributed by atoms with Gasteiger partial charge >= 0.3 is 0 Å². The van der Waals surface area contributed by atoms with Gasteiger partial charge in [-0.1, -0.05) is 0 Å². The first-order valence-electron chi connectivity index (χ1n) is 5.55. The first-order valence-corrected chi connectivity index (χ1v) is 5.55. The predicted molar refractivity (Wildman–Crippen MR) is 56.9 cm³/mol. The normalized spacial score (nSPS) is 28.3. The average molecular weight is 226 g/mol. The molecule has 1 aliphatic carbocycles. The van der Waals surface area contributed by atoms with Crippen LogP contribution in [0.4, 0.5) is 4.39 Å². The Bertz CT molecular complexity index is 340. The van der Waals surface area contributed by atoms with Crippen LogP contribution in [0.1, 0.15) is 19.3 Å². The summed E-state index contributed by atoms with van der Waals surface area (Å²) in [6.07, 6.45) is 2.78. The van der Waals surface area contributed by atoms with Crippen LogP contribution in [0.5, 0.6) is 0 Å². The van der Waals surface area contributed by atoms with Crippen LogP contribution in [0.3, 0.4) is 0 Å². The van der Waals surface area contributed by atoms with Crippen molar-refractivity contribution in [2.45, 2.75) is 25.4 Å². The number of hydrogen-bond donors (Lipinski definition) is 1. The SMILES string of the molecule is O=C1C=CC(F)CC(C2CCOCC2)=C1O. The maximum absolute atomic E-state index is 13.4. The lowest BCUT2D eigenvalue weighted by molar-refractivity contribution is -0.113. The first kappa shape index (κ1) is 11.3. The quantitative estimate of drug-likeness (QED) is 0.744. The highest BCUT2D eigenvalue weighted by Crippen LogP contribution is 2.31. The molecular formula is C12H15FO3. The molecule has 0 aromatic rings. The molecule has 0 saturated carbocycles. The zero-order chi connectivity index (χ0) is 11.5. The predicted octanol–water partition coefficient (Wildman–Crippen LogP) is 2.09. The van der Waals surface area contributed by atoms with Crippen LogP contribution in [0.25, 0.3) is 0 Å². The van der Waals surface area contributed by atoms with Crippen molar-refractivity contribution in [3.05, 3.63) is 23.5 Å². The number of halogens is 1. The summed E-state index contributed by atoms with van der Waals surface area (Å²) in [7, 11) is 0. The van der Waals surface area contributed by atoms with Gasteiger partial charge in [0.25, 0.3) is 0 Å². The van der Waals surface area contributed by atoms with Crippen LogP contribution < -0.4 is 0 Å². The van der Waals surface area contributed by atoms with Gasteiger partial charge < -0.3 is 9.84 Å². The Morgan fingerprint density at radius 2 is 2.06 bits per heavy atom. The van der Waals surface area contributed by atoms with Crippen molar-refractivity contribution >= 4 is 5.78 Å². The molecule has 3 nitrogen and oxygen atoms in total. The maximum atomic E-state index is 13.4. The van der Waals surface area contributed by atoms with Gasteiger partial charge in [-0.25, -0.2) is 4.39 Å². The number of hydrogen-bond acceptors (Lipinski definition) is 3. The van der Waals surface area contributed by atoms with E-state index in [2.05, 4.69) is 0 Å². The second kappa shape index (κ2) is 4.78. The number of alkyl halides is 1. The van der Waals surface area contributed by atoms with Crippen molar-refractivity contribution in [3.8, 4) is 0 Å². The highest BCUT2D eigenvalue weighted by Gasteiger charge is 2.27. The molecule has 2 aliphatic rings. The zero-order valence-corrected chi connectivity index (χ0v) is 8.99. The minimum atomic E-state index is -1.17. The number of aliphatic hydroxyl groups excluding tert-OH is 1. The van der Waals surface area contributed by atoms with E-state index in [0.29, 0.717) is 18.8 Å². The lowest BCUT2D eigenvalue weighted by Crippen LogP contribution is -2.20. The van der Waals surface area contributed by atoms with Crippen molar-refractivity contribution in [3.63, 3.8) is 0 Å². The van der Waals surface area contributed by atoms with Crippen molar-refractivity contribution in [2.24, 2.45) is 5.92 Å². The van der Waals surface area contributed by atoms with E-state index in [1.165, 1.54) is 6.08 Å². The van der Waals surface area contributed by atoms with E-state index in [1.807, 2.05) is 0 Å². The second-order valence-corrected chi connectivity index (χ2v) is 4.20. The molecule has 16 heavy (non-hydrogen) atoms. The standard InChI is InChI=1S/C12H15FO3/c13-9-1-2-11(14)12(15)10(7-9)8-3-5-16-6-4-8/h1-2,8-9,15H,3-7H2. The third kappa shape index (κ3) is 2.32. The minimum Gasteiger partial charge on any atom is -0.504 e. The van der Waals surface area contributed by atoms with Crippen LogP contribution >= 0.6 is 0 Å². The lowest BCUT2D eigenvalue weighted by atomic mass is 9.87. The van der Waals surface area contributed by atoms with E-state index >= 15 is 0 Å². The molecule has 1 heterocycles. The van der Waals surface area contributed by atoms with E-state index in [9.17, 15) is 14.3 Å². The Labute approximate surface area is 93.6 Å². The van der Waals surface area contributed by atoms with Gasteiger partial charge in [-0.05, 0) is 36.5 Å². The average Bonchev–Trinajstić information content (AvgIpc) is 2.44. The summed E-state index contributed by atoms with van der Waals surface area (Å²) in [4.78, 5) is 11.4. The van der Waals surface area contributed by atoms with E-state index in [0.717, 1.165) is 18.9 Å². The highest BCUT2D eigenvalue weighted by molar-refractivity contribution is 6.03. The number of carbonyl (C=O) groups is 1. The minimum absolute atomic E-state index is 0.0795. The van der Waals surface area contributed by atoms with Gasteiger partial charge in [0.05, 0.1) is 0 Å². The summed E-state index contributed by atoms with van der Waals surface area (Å²) in [5.74, 6) is -0.666. The highest BCUT2D eigenvalue weighted by atomic mass is 19.1. The molecule has 0 spiro atoms. The number of ketones is 1. The number of rotatable bonds is 1. The van der Waals surface area contributed by atoms with Gasteiger partial charge in [-0.2, -0.15) is 0 Å². The zero-order valence-electron chi connectivity index (χ0n) is 8.99. The molecular weight excluding hydrogens is 211 g/mol. The van der Waals surface area contributed by atoms with Gasteiger partial charge in [0.2, 0.25) is 5.78 Å². The van der Waals surface area contributed by atoms with Crippen molar-refractivity contribution in [1.82, 2.24) is 0 Å². The van der Waals surface area contributed by atoms with Gasteiger partial charge in [-0.15, -0.1) is 0 Å². The molecule has 1 unspecified atom stereocenters. The van der Waals surface area contributed by atoms with Crippen LogP contribution in [0.15, 0.2) is 23.5 Å². The summed E-state index contributed by atoms with van der Waals surface area (Å²) in [6, 6.07) is 0. The monoisotopic (exact) mass is 226 g/mol. The molecule has 1 aliphatic heterocycles. The van der Waals surface area contributed by atoms with Crippen molar-refractivity contribution < 1.29 is 19.0 Å². The molecule has 88 valence electrons. The van der Waals surface area contributed by atoms with Gasteiger partial charge in [0.1, 0.15) is 6.17 Å². The largest absolute Gasteiger partial charge is 0.504 e. The fourth-order valence-electron chi connectivity index (χ4n) is 2.21. The van der Waals surface area contributed by atoms with Crippen molar-refractivity contribution in [2.75, 3.05) is 13.2 Å². The smallest absolute Gasteiger partial charge is 0.219 e. The molecule has 2 rings (SSSR count). The molecule has 0 bridgehead atoms. The molecule has 1 atom stereocenters. The molecule has 1 saturated heterocycles. The molecule has 0 amide bonds. The van der Waals surface area contributed by atoms with Gasteiger partial charge in [0, 0.05) is 19.6 Å². The van der Waals surface area contributed by atoms with Crippen molar-refractivity contribution in [1.29, 1.82) is 0 Å². The van der Waals surface area contributed by atoms with Crippen LogP contribution in [-0.2, 0) is 9.53 Å². The molecule has 0 aromatic carbocycles. The Hall–Kier alpha value is -1.16. The summed E-state index contributed by atoms with van der Waals surface area (Å²) < 4.78 is 18.6. The van der Waals surface area contributed by atoms with E-state index in [-0.39, 0.29) is 18.1 Å². The van der Waals surface area contributed by atoms with Crippen LogP contribution in [0.2, 0.25) is 0 Å². The van der Waals surface area contributed by atoms with E-state index < -0.39 is 12.0 Å². The molecule has 0 aromatic heterocycles. The number of carbonyl (C=O) groups excluding carboxylic acids is 1. The number of aliphatic hydroxyl groups is 1. The number of allylic oxidation sites excluding steroid dienone is 3. The maximum Gasteiger partial charge on any atom is 0.219 e. The van der Waals surface area contributed by atoms with Gasteiger partial charge in [-0.3, -0.25) is 4.79 Å². The summed E-state index contributed by atoms with van der Waals surface area (Å²) in [5, 5.41) is 9.76. The summed E-state index contributed by atoms with van der Waals surface area (Å²) in [5.41, 5.74) is 0.561. The fraction of sp³-hybridized carbons (Fsp3) is 0.583. The first-order chi connectivity index (χ1) is 7.68. The molecule has 1 fully saturated rings. The van der Waals surface area contributed by atoms with Gasteiger partial charge in [0.15, 0.2) is 5.76 Å². The number of ether oxygens (including phenoxy) is 1. The summed E-state index contributed by atoms with van der Waals surface area (Å²) >= 11 is 0. The Kier molecular flexibility index (Phi) is 3.39. The Morgan fingerprint density at radius 3 is 2.75 bits per heavy atom. The third-order valence-electron chi connectivity index (χ3n) is 3.12. The van der Waals surface area contributed by atoms with E-state index in [1.54, 1.807) is 0 Å². The molecule has 4 heteroatoms. The third-order valence-corrected chi connectivity index (χ3v) is 3.12. The topological polar surface area (TPSA) is 46.5 Å². The van der Waals surface area contributed by atoms with E-state index in [4.69, 9.17) is 4.74 Å². The Balaban J connectivity index is 2.22. The molecule has 0 radical (unpaired) electrons. The lowest BCUT2D eigenvalue weighted by Gasteiger charge is -2.25. The fourth-order valence-corrected chi connectivity index (χ4v) is 2.21. The molecule has 1 N–H and O–H groups in total. The van der Waals surface area contributed by atoms with Crippen LogP contribution in [-0.4, -0.2) is 30.3 Å². The summed E-state index contributed by atoms with van der Waals surface area (Å²) in [6.45, 7) is 1.22. The second-order valence-electron chi connectivity index (χ2n) is 4.20.